The van der Waals surface area contributed by atoms with Gasteiger partial charge in [-0.05, 0) is 35.4 Å². The molecule has 8 nitrogen and oxygen atoms in total. The van der Waals surface area contributed by atoms with E-state index in [9.17, 15) is 14.9 Å². The fourth-order valence-corrected chi connectivity index (χ4v) is 2.72. The summed E-state index contributed by atoms with van der Waals surface area (Å²) in [5.41, 5.74) is 3.14. The van der Waals surface area contributed by atoms with Crippen LogP contribution in [-0.2, 0) is 6.54 Å². The number of nitrogens with zero attached hydrogens (tertiary/aromatic N) is 4. The second-order valence-electron chi connectivity index (χ2n) is 5.69. The van der Waals surface area contributed by atoms with Gasteiger partial charge in [-0.25, -0.2) is 5.43 Å². The van der Waals surface area contributed by atoms with Gasteiger partial charge in [0.1, 0.15) is 6.20 Å². The minimum atomic E-state index is -0.772. The Balaban J connectivity index is 1.74. The van der Waals surface area contributed by atoms with Gasteiger partial charge in [0.2, 0.25) is 5.69 Å². The number of hydrogen-bond acceptors (Lipinski definition) is 5. The van der Waals surface area contributed by atoms with Crippen LogP contribution in [0.2, 0.25) is 5.02 Å². The first-order valence-corrected chi connectivity index (χ1v) is 9.15. The molecule has 3 rings (SSSR count). The molecule has 142 valence electrons. The standard InChI is InChI=1S/C18H13BrClN5O3/c19-14-5-1-13(2-6-14)10-24-11-16(25(27)28)17(23-24)18(26)22-21-9-12-3-7-15(20)8-4-12/h1-9,11H,10H2,(H,22,26). The van der Waals surface area contributed by atoms with E-state index in [1.165, 1.54) is 17.1 Å². The maximum Gasteiger partial charge on any atom is 0.320 e. The molecule has 1 heterocycles. The number of benzene rings is 2. The molecular formula is C18H13BrClN5O3. The number of nitrogens with one attached hydrogen (secondary N) is 1. The van der Waals surface area contributed by atoms with Crippen LogP contribution in [-0.4, -0.2) is 26.8 Å². The number of carbonyl (C=O) groups is 1. The van der Waals surface area contributed by atoms with E-state index in [-0.39, 0.29) is 12.2 Å². The van der Waals surface area contributed by atoms with Gasteiger partial charge < -0.3 is 0 Å². The summed E-state index contributed by atoms with van der Waals surface area (Å²) in [5, 5.41) is 19.7. The van der Waals surface area contributed by atoms with Crippen molar-refractivity contribution in [2.24, 2.45) is 5.10 Å². The maximum absolute atomic E-state index is 12.3. The quantitative estimate of drug-likeness (QED) is 0.339. The third kappa shape index (κ3) is 5.02. The van der Waals surface area contributed by atoms with Gasteiger partial charge in [-0.2, -0.15) is 10.2 Å². The lowest BCUT2D eigenvalue weighted by Crippen LogP contribution is -2.19. The first-order chi connectivity index (χ1) is 13.4. The number of aromatic nitrogens is 2. The molecule has 0 atom stereocenters. The maximum atomic E-state index is 12.3. The van der Waals surface area contributed by atoms with Crippen molar-refractivity contribution in [2.45, 2.75) is 6.54 Å². The Kier molecular flexibility index (Phi) is 6.17. The molecule has 0 aliphatic carbocycles. The van der Waals surface area contributed by atoms with E-state index < -0.39 is 16.5 Å². The van der Waals surface area contributed by atoms with Crippen molar-refractivity contribution >= 4 is 45.3 Å². The molecule has 0 unspecified atom stereocenters. The molecule has 3 aromatic rings. The van der Waals surface area contributed by atoms with Crippen LogP contribution in [0.3, 0.4) is 0 Å². The third-order valence-electron chi connectivity index (χ3n) is 3.66. The summed E-state index contributed by atoms with van der Waals surface area (Å²) < 4.78 is 2.26. The van der Waals surface area contributed by atoms with E-state index in [2.05, 4.69) is 31.6 Å². The van der Waals surface area contributed by atoms with Gasteiger partial charge in [-0.15, -0.1) is 0 Å². The zero-order chi connectivity index (χ0) is 20.1. The zero-order valence-corrected chi connectivity index (χ0v) is 16.6. The van der Waals surface area contributed by atoms with Gasteiger partial charge in [0, 0.05) is 9.50 Å². The first kappa shape index (κ1) is 19.7. The number of carbonyl (C=O) groups excluding carboxylic acids is 1. The van der Waals surface area contributed by atoms with Crippen LogP contribution in [0.5, 0.6) is 0 Å². The van der Waals surface area contributed by atoms with Gasteiger partial charge >= 0.3 is 5.69 Å². The van der Waals surface area contributed by atoms with Crippen molar-refractivity contribution in [1.29, 1.82) is 0 Å². The lowest BCUT2D eigenvalue weighted by Gasteiger charge is -2.01. The monoisotopic (exact) mass is 461 g/mol. The van der Waals surface area contributed by atoms with E-state index >= 15 is 0 Å². The summed E-state index contributed by atoms with van der Waals surface area (Å²) >= 11 is 9.14. The fourth-order valence-electron chi connectivity index (χ4n) is 2.33. The number of hydrogen-bond donors (Lipinski definition) is 1. The molecule has 28 heavy (non-hydrogen) atoms. The van der Waals surface area contributed by atoms with E-state index in [1.807, 2.05) is 24.3 Å². The van der Waals surface area contributed by atoms with Crippen molar-refractivity contribution < 1.29 is 9.72 Å². The largest absolute Gasteiger partial charge is 0.320 e. The Morgan fingerprint density at radius 1 is 1.25 bits per heavy atom. The first-order valence-electron chi connectivity index (χ1n) is 7.97. The van der Waals surface area contributed by atoms with Gasteiger partial charge in [-0.1, -0.05) is 51.8 Å². The Hall–Kier alpha value is -3.04. The summed E-state index contributed by atoms with van der Waals surface area (Å²) in [6.07, 6.45) is 2.62. The van der Waals surface area contributed by atoms with Crippen LogP contribution in [0.15, 0.2) is 64.3 Å². The molecule has 0 aliphatic rings. The van der Waals surface area contributed by atoms with Crippen LogP contribution in [0.1, 0.15) is 21.6 Å². The number of nitro groups is 1. The Morgan fingerprint density at radius 3 is 2.57 bits per heavy atom. The summed E-state index contributed by atoms with van der Waals surface area (Å²) in [5.74, 6) is -0.772. The Bertz CT molecular complexity index is 1030. The fraction of sp³-hybridized carbons (Fsp3) is 0.0556. The predicted molar refractivity (Wildman–Crippen MR) is 109 cm³/mol. The molecule has 0 saturated heterocycles. The summed E-state index contributed by atoms with van der Waals surface area (Å²) in [7, 11) is 0. The van der Waals surface area contributed by atoms with E-state index in [0.29, 0.717) is 10.6 Å². The number of amides is 1. The normalized spacial score (nSPS) is 10.9. The summed E-state index contributed by atoms with van der Waals surface area (Å²) in [6, 6.07) is 14.2. The highest BCUT2D eigenvalue weighted by atomic mass is 79.9. The molecule has 0 aliphatic heterocycles. The summed E-state index contributed by atoms with van der Waals surface area (Å²) in [4.78, 5) is 22.9. The van der Waals surface area contributed by atoms with Crippen LogP contribution in [0, 0.1) is 10.1 Å². The number of hydrazone groups is 1. The van der Waals surface area contributed by atoms with Crippen molar-refractivity contribution in [2.75, 3.05) is 0 Å². The molecule has 1 aromatic heterocycles. The summed E-state index contributed by atoms with van der Waals surface area (Å²) in [6.45, 7) is 0.287. The smallest absolute Gasteiger partial charge is 0.265 e. The molecule has 0 spiro atoms. The van der Waals surface area contributed by atoms with Crippen LogP contribution in [0.4, 0.5) is 5.69 Å². The van der Waals surface area contributed by atoms with Gasteiger partial charge in [0.25, 0.3) is 5.91 Å². The SMILES string of the molecule is O=C(NN=Cc1ccc(Cl)cc1)c1nn(Cc2ccc(Br)cc2)cc1[N+](=O)[O-]. The van der Waals surface area contributed by atoms with Gasteiger partial charge in [0.05, 0.1) is 17.7 Å². The highest BCUT2D eigenvalue weighted by molar-refractivity contribution is 9.10. The van der Waals surface area contributed by atoms with E-state index in [4.69, 9.17) is 11.6 Å². The molecule has 0 bridgehead atoms. The third-order valence-corrected chi connectivity index (χ3v) is 4.44. The van der Waals surface area contributed by atoms with Crippen LogP contribution >= 0.6 is 27.5 Å². The molecule has 1 amide bonds. The lowest BCUT2D eigenvalue weighted by molar-refractivity contribution is -0.385. The number of halogens is 2. The van der Waals surface area contributed by atoms with Crippen LogP contribution < -0.4 is 5.43 Å². The number of rotatable bonds is 6. The highest BCUT2D eigenvalue weighted by Gasteiger charge is 2.25. The molecule has 0 fully saturated rings. The predicted octanol–water partition coefficient (Wildman–Crippen LogP) is 4.02. The zero-order valence-electron chi connectivity index (χ0n) is 14.3. The molecule has 1 N–H and O–H groups in total. The molecule has 2 aromatic carbocycles. The highest BCUT2D eigenvalue weighted by Crippen LogP contribution is 2.18. The second kappa shape index (κ2) is 8.77. The van der Waals surface area contributed by atoms with Crippen LogP contribution in [0.25, 0.3) is 0 Å². The topological polar surface area (TPSA) is 102 Å². The average Bonchev–Trinajstić information content (AvgIpc) is 3.09. The molecular weight excluding hydrogens is 450 g/mol. The molecule has 0 saturated carbocycles. The average molecular weight is 463 g/mol. The lowest BCUT2D eigenvalue weighted by atomic mass is 10.2. The minimum Gasteiger partial charge on any atom is -0.265 e. The molecule has 0 radical (unpaired) electrons. The van der Waals surface area contributed by atoms with Crippen molar-refractivity contribution in [3.05, 3.63) is 91.2 Å². The van der Waals surface area contributed by atoms with Crippen molar-refractivity contribution in [3.8, 4) is 0 Å². The van der Waals surface area contributed by atoms with Gasteiger partial charge in [0.15, 0.2) is 0 Å². The Morgan fingerprint density at radius 2 is 1.93 bits per heavy atom. The molecule has 10 heteroatoms. The van der Waals surface area contributed by atoms with Crippen molar-refractivity contribution in [1.82, 2.24) is 15.2 Å². The van der Waals surface area contributed by atoms with E-state index in [1.54, 1.807) is 24.3 Å². The van der Waals surface area contributed by atoms with E-state index in [0.717, 1.165) is 10.0 Å². The Labute approximate surface area is 173 Å². The van der Waals surface area contributed by atoms with Crippen molar-refractivity contribution in [3.63, 3.8) is 0 Å². The minimum absolute atomic E-state index is 0.287. The van der Waals surface area contributed by atoms with Gasteiger partial charge in [-0.3, -0.25) is 19.6 Å². The second-order valence-corrected chi connectivity index (χ2v) is 7.05.